The fraction of sp³-hybridized carbons (Fsp3) is 0.600. The largest absolute Gasteiger partial charge is 0.0820 e. The normalized spacial score (nSPS) is 13.0. The highest BCUT2D eigenvalue weighted by Crippen LogP contribution is 1.96. The van der Waals surface area contributed by atoms with E-state index in [1.54, 1.807) is 0 Å². The van der Waals surface area contributed by atoms with Crippen LogP contribution in [0.2, 0.25) is 0 Å². The van der Waals surface area contributed by atoms with Crippen molar-refractivity contribution in [2.45, 2.75) is 27.7 Å². The maximum absolute atomic E-state index is 2.19. The Hall–Kier alpha value is -0.520. The van der Waals surface area contributed by atoms with Crippen molar-refractivity contribution in [1.82, 2.24) is 0 Å². The minimum Gasteiger partial charge on any atom is -0.0820 e. The van der Waals surface area contributed by atoms with E-state index in [4.69, 9.17) is 0 Å². The van der Waals surface area contributed by atoms with Crippen molar-refractivity contribution in [3.8, 4) is 0 Å². The molecular weight excluding hydrogens is 120 g/mol. The van der Waals surface area contributed by atoms with E-state index in [9.17, 15) is 0 Å². The summed E-state index contributed by atoms with van der Waals surface area (Å²) in [4.78, 5) is 0. The van der Waals surface area contributed by atoms with Crippen molar-refractivity contribution in [3.05, 3.63) is 24.3 Å². The van der Waals surface area contributed by atoms with Crippen molar-refractivity contribution in [2.24, 2.45) is 11.8 Å². The lowest BCUT2D eigenvalue weighted by molar-refractivity contribution is 0.825. The maximum atomic E-state index is 2.19. The standard InChI is InChI=1S/C10H18/c1-9(2)7-5-6-8-10(3)4/h5-10H,1-4H3/b7-5+,8-6+. The molecule has 0 unspecified atom stereocenters. The molecule has 58 valence electrons. The van der Waals surface area contributed by atoms with Crippen molar-refractivity contribution in [1.29, 1.82) is 0 Å². The monoisotopic (exact) mass is 138 g/mol. The van der Waals surface area contributed by atoms with Crippen LogP contribution in [0.15, 0.2) is 24.3 Å². The third-order valence-corrected chi connectivity index (χ3v) is 1.10. The summed E-state index contributed by atoms with van der Waals surface area (Å²) in [6.07, 6.45) is 8.62. The lowest BCUT2D eigenvalue weighted by Gasteiger charge is -1.91. The van der Waals surface area contributed by atoms with E-state index >= 15 is 0 Å². The van der Waals surface area contributed by atoms with Gasteiger partial charge in [0, 0.05) is 0 Å². The van der Waals surface area contributed by atoms with E-state index in [1.165, 1.54) is 0 Å². The van der Waals surface area contributed by atoms with Gasteiger partial charge in [-0.2, -0.15) is 0 Å². The zero-order valence-corrected chi connectivity index (χ0v) is 7.46. The van der Waals surface area contributed by atoms with Crippen LogP contribution in [0.5, 0.6) is 0 Å². The molecule has 0 bridgehead atoms. The summed E-state index contributed by atoms with van der Waals surface area (Å²) < 4.78 is 0. The molecule has 0 aromatic rings. The highest BCUT2D eigenvalue weighted by Gasteiger charge is 1.81. The first kappa shape index (κ1) is 9.48. The Labute approximate surface area is 64.6 Å². The Bertz CT molecular complexity index is 100. The number of hydrogen-bond donors (Lipinski definition) is 0. The minimum absolute atomic E-state index is 0.664. The Morgan fingerprint density at radius 3 is 1.20 bits per heavy atom. The summed E-state index contributed by atoms with van der Waals surface area (Å²) in [6.45, 7) is 8.72. The van der Waals surface area contributed by atoms with E-state index in [-0.39, 0.29) is 0 Å². The number of rotatable bonds is 3. The second kappa shape index (κ2) is 5.28. The van der Waals surface area contributed by atoms with Gasteiger partial charge in [0.05, 0.1) is 0 Å². The Morgan fingerprint density at radius 2 is 1.00 bits per heavy atom. The third kappa shape index (κ3) is 7.48. The fourth-order valence-corrected chi connectivity index (χ4v) is 0.573. The maximum Gasteiger partial charge on any atom is -0.0287 e. The van der Waals surface area contributed by atoms with Gasteiger partial charge in [-0.25, -0.2) is 0 Å². The van der Waals surface area contributed by atoms with Crippen LogP contribution >= 0.6 is 0 Å². The molecule has 0 rings (SSSR count). The lowest BCUT2D eigenvalue weighted by atomic mass is 10.2. The summed E-state index contributed by atoms with van der Waals surface area (Å²) >= 11 is 0. The Morgan fingerprint density at radius 1 is 0.700 bits per heavy atom. The Kier molecular flexibility index (Phi) is 5.00. The van der Waals surface area contributed by atoms with Gasteiger partial charge in [-0.15, -0.1) is 0 Å². The zero-order chi connectivity index (χ0) is 7.98. The highest BCUT2D eigenvalue weighted by atomic mass is 13.9. The zero-order valence-electron chi connectivity index (χ0n) is 7.46. The summed E-state index contributed by atoms with van der Waals surface area (Å²) in [5.41, 5.74) is 0. The molecular formula is C10H18. The van der Waals surface area contributed by atoms with Crippen molar-refractivity contribution >= 4 is 0 Å². The molecule has 0 saturated carbocycles. The second-order valence-corrected chi connectivity index (χ2v) is 3.26. The van der Waals surface area contributed by atoms with Crippen LogP contribution in [0.3, 0.4) is 0 Å². The summed E-state index contributed by atoms with van der Waals surface area (Å²) in [6, 6.07) is 0. The molecule has 0 saturated heterocycles. The molecule has 0 aromatic heterocycles. The van der Waals surface area contributed by atoms with Crippen LogP contribution in [0.1, 0.15) is 27.7 Å². The first-order chi connectivity index (χ1) is 4.63. The molecule has 0 radical (unpaired) electrons. The summed E-state index contributed by atoms with van der Waals surface area (Å²) in [7, 11) is 0. The number of allylic oxidation sites excluding steroid dienone is 4. The average molecular weight is 138 g/mol. The summed E-state index contributed by atoms with van der Waals surface area (Å²) in [5.74, 6) is 1.33. The second-order valence-electron chi connectivity index (χ2n) is 3.26. The molecule has 0 amide bonds. The van der Waals surface area contributed by atoms with Gasteiger partial charge in [0.15, 0.2) is 0 Å². The topological polar surface area (TPSA) is 0 Å². The van der Waals surface area contributed by atoms with Crippen LogP contribution in [0.25, 0.3) is 0 Å². The van der Waals surface area contributed by atoms with Crippen molar-refractivity contribution in [3.63, 3.8) is 0 Å². The van der Waals surface area contributed by atoms with E-state index < -0.39 is 0 Å². The molecule has 10 heavy (non-hydrogen) atoms. The molecule has 0 fully saturated rings. The van der Waals surface area contributed by atoms with E-state index in [1.807, 2.05) is 0 Å². The molecule has 0 nitrogen and oxygen atoms in total. The van der Waals surface area contributed by atoms with E-state index in [2.05, 4.69) is 52.0 Å². The molecule has 0 atom stereocenters. The van der Waals surface area contributed by atoms with Gasteiger partial charge in [0.1, 0.15) is 0 Å². The van der Waals surface area contributed by atoms with Gasteiger partial charge in [-0.05, 0) is 11.8 Å². The average Bonchev–Trinajstić information content (AvgIpc) is 1.79. The minimum atomic E-state index is 0.664. The fourth-order valence-electron chi connectivity index (χ4n) is 0.573. The van der Waals surface area contributed by atoms with Crippen molar-refractivity contribution < 1.29 is 0 Å². The van der Waals surface area contributed by atoms with Gasteiger partial charge in [-0.3, -0.25) is 0 Å². The molecule has 0 spiro atoms. The predicted octanol–water partition coefficient (Wildman–Crippen LogP) is 3.41. The molecule has 0 heteroatoms. The number of hydrogen-bond acceptors (Lipinski definition) is 0. The van der Waals surface area contributed by atoms with Crippen LogP contribution < -0.4 is 0 Å². The smallest absolute Gasteiger partial charge is 0.0287 e. The van der Waals surface area contributed by atoms with Crippen LogP contribution in [-0.2, 0) is 0 Å². The molecule has 0 aliphatic carbocycles. The quantitative estimate of drug-likeness (QED) is 0.524. The lowest BCUT2D eigenvalue weighted by Crippen LogP contribution is -1.77. The molecule has 0 aliphatic rings. The summed E-state index contributed by atoms with van der Waals surface area (Å²) in [5, 5.41) is 0. The SMILES string of the molecule is CC(C)/C=C/C=C/C(C)C. The van der Waals surface area contributed by atoms with Gasteiger partial charge >= 0.3 is 0 Å². The predicted molar refractivity (Wildman–Crippen MR) is 48.0 cm³/mol. The van der Waals surface area contributed by atoms with Gasteiger partial charge in [0.25, 0.3) is 0 Å². The molecule has 0 aliphatic heterocycles. The van der Waals surface area contributed by atoms with Gasteiger partial charge in [0.2, 0.25) is 0 Å². The first-order valence-electron chi connectivity index (χ1n) is 3.98. The Balaban J connectivity index is 3.52. The molecule has 0 aromatic carbocycles. The highest BCUT2D eigenvalue weighted by molar-refractivity contribution is 5.04. The third-order valence-electron chi connectivity index (χ3n) is 1.10. The molecule has 0 N–H and O–H groups in total. The van der Waals surface area contributed by atoms with Crippen LogP contribution in [-0.4, -0.2) is 0 Å². The van der Waals surface area contributed by atoms with Crippen LogP contribution in [0, 0.1) is 11.8 Å². The van der Waals surface area contributed by atoms with E-state index in [0.717, 1.165) is 0 Å². The van der Waals surface area contributed by atoms with Crippen molar-refractivity contribution in [2.75, 3.05) is 0 Å². The van der Waals surface area contributed by atoms with Gasteiger partial charge < -0.3 is 0 Å². The molecule has 0 heterocycles. The van der Waals surface area contributed by atoms with Crippen LogP contribution in [0.4, 0.5) is 0 Å². The van der Waals surface area contributed by atoms with E-state index in [0.29, 0.717) is 11.8 Å². The first-order valence-corrected chi connectivity index (χ1v) is 3.98. The van der Waals surface area contributed by atoms with Gasteiger partial charge in [-0.1, -0.05) is 52.0 Å².